The number of hydrogen-bond donors (Lipinski definition) is 1. The third kappa shape index (κ3) is 4.80. The van der Waals surface area contributed by atoms with E-state index in [1.165, 1.54) is 23.5 Å². The van der Waals surface area contributed by atoms with Crippen LogP contribution in [0.1, 0.15) is 50.5 Å². The largest absolute Gasteiger partial charge is 0.319 e. The van der Waals surface area contributed by atoms with Crippen molar-refractivity contribution in [2.75, 3.05) is 25.0 Å². The van der Waals surface area contributed by atoms with Crippen LogP contribution in [0.3, 0.4) is 0 Å². The number of aryl methyl sites for hydroxylation is 1. The van der Waals surface area contributed by atoms with Crippen LogP contribution in [0.5, 0.6) is 0 Å². The molecule has 3 aromatic heterocycles. The Balaban J connectivity index is 1.11. The molecule has 12 heteroatoms. The van der Waals surface area contributed by atoms with E-state index in [0.717, 1.165) is 50.9 Å². The standard InChI is InChI=1S/C30H32F4N8/c1-3-41-19-5-6-20(41)16-40(15-19)14-17-4-8-25(35-12-17)37-29-36-13-22(32)27(39-29)18-10-21(31)28-23(11-18)42-24(30(2,33)34)7-9-26(42)38-28/h4,8,10-13,19-20,24H,3,5-7,9,14-16H2,1-2H3,(H,35,36,37,39)/t19?,20?,24-/m0/s1. The monoisotopic (exact) mass is 580 g/mol. The fourth-order valence-electron chi connectivity index (χ4n) is 7.05. The summed E-state index contributed by atoms with van der Waals surface area (Å²) in [5, 5.41) is 2.99. The van der Waals surface area contributed by atoms with Crippen LogP contribution in [0.25, 0.3) is 22.3 Å². The molecule has 3 aliphatic rings. The highest BCUT2D eigenvalue weighted by Gasteiger charge is 2.42. The van der Waals surface area contributed by atoms with Gasteiger partial charge in [0.2, 0.25) is 5.95 Å². The van der Waals surface area contributed by atoms with E-state index in [2.05, 4.69) is 42.0 Å². The molecule has 3 aliphatic heterocycles. The predicted octanol–water partition coefficient (Wildman–Crippen LogP) is 5.72. The molecule has 1 N–H and O–H groups in total. The lowest BCUT2D eigenvalue weighted by atomic mass is 10.1. The molecule has 4 aromatic rings. The van der Waals surface area contributed by atoms with Crippen LogP contribution >= 0.6 is 0 Å². The predicted molar refractivity (Wildman–Crippen MR) is 151 cm³/mol. The van der Waals surface area contributed by atoms with Gasteiger partial charge in [0.05, 0.1) is 17.8 Å². The summed E-state index contributed by atoms with van der Waals surface area (Å²) in [7, 11) is 0. The van der Waals surface area contributed by atoms with Gasteiger partial charge in [0.15, 0.2) is 11.6 Å². The zero-order chi connectivity index (χ0) is 29.2. The van der Waals surface area contributed by atoms with E-state index in [0.29, 0.717) is 30.1 Å². The lowest BCUT2D eigenvalue weighted by Crippen LogP contribution is -2.53. The van der Waals surface area contributed by atoms with Crippen molar-refractivity contribution in [2.45, 2.75) is 70.1 Å². The second kappa shape index (κ2) is 10.3. The number of imidazole rings is 1. The number of benzene rings is 1. The van der Waals surface area contributed by atoms with Crippen LogP contribution in [-0.4, -0.2) is 71.9 Å². The lowest BCUT2D eigenvalue weighted by Gasteiger charge is -2.40. The highest BCUT2D eigenvalue weighted by Crippen LogP contribution is 2.42. The molecule has 2 unspecified atom stereocenters. The first-order chi connectivity index (χ1) is 20.2. The average Bonchev–Trinajstić information content (AvgIpc) is 3.61. The number of nitrogens with zero attached hydrogens (tertiary/aromatic N) is 7. The van der Waals surface area contributed by atoms with E-state index in [1.807, 2.05) is 18.3 Å². The van der Waals surface area contributed by atoms with E-state index < -0.39 is 23.6 Å². The number of rotatable bonds is 7. The van der Waals surface area contributed by atoms with Crippen LogP contribution in [-0.2, 0) is 13.0 Å². The van der Waals surface area contributed by atoms with Crippen LogP contribution in [0, 0.1) is 11.6 Å². The number of likely N-dealkylation sites (tertiary alicyclic amines) is 1. The Bertz CT molecular complexity index is 1620. The molecule has 220 valence electrons. The third-order valence-corrected chi connectivity index (χ3v) is 8.92. The van der Waals surface area contributed by atoms with Crippen molar-refractivity contribution in [1.82, 2.24) is 34.3 Å². The SMILES string of the molecule is CCN1C2CCC1CN(Cc1ccc(Nc3ncc(F)c(-c4cc(F)c5nc6n(c5c4)[C@H](C(C)(F)F)CC6)n3)nc1)C2. The summed E-state index contributed by atoms with van der Waals surface area (Å²) in [4.78, 5) is 22.2. The van der Waals surface area contributed by atoms with Gasteiger partial charge in [-0.25, -0.2) is 37.5 Å². The van der Waals surface area contributed by atoms with Crippen molar-refractivity contribution >= 4 is 22.8 Å². The molecule has 0 radical (unpaired) electrons. The molecule has 0 amide bonds. The van der Waals surface area contributed by atoms with Crippen molar-refractivity contribution in [2.24, 2.45) is 0 Å². The zero-order valence-corrected chi connectivity index (χ0v) is 23.5. The van der Waals surface area contributed by atoms with E-state index in [9.17, 15) is 13.2 Å². The van der Waals surface area contributed by atoms with E-state index >= 15 is 4.39 Å². The number of halogens is 4. The van der Waals surface area contributed by atoms with Gasteiger partial charge in [-0.1, -0.05) is 13.0 Å². The molecule has 0 spiro atoms. The van der Waals surface area contributed by atoms with Crippen molar-refractivity contribution in [1.29, 1.82) is 0 Å². The average molecular weight is 581 g/mol. The number of piperazine rings is 1. The summed E-state index contributed by atoms with van der Waals surface area (Å²) in [6.45, 7) is 7.13. The Morgan fingerprint density at radius 2 is 1.76 bits per heavy atom. The van der Waals surface area contributed by atoms with Gasteiger partial charge in [-0.2, -0.15) is 0 Å². The number of anilines is 2. The minimum atomic E-state index is -3.02. The summed E-state index contributed by atoms with van der Waals surface area (Å²) < 4.78 is 60.1. The molecule has 0 saturated carbocycles. The van der Waals surface area contributed by atoms with Crippen molar-refractivity contribution in [3.8, 4) is 11.3 Å². The fourth-order valence-corrected chi connectivity index (χ4v) is 7.05. The fraction of sp³-hybridized carbons (Fsp3) is 0.467. The maximum absolute atomic E-state index is 15.1. The van der Waals surface area contributed by atoms with E-state index in [-0.39, 0.29) is 34.7 Å². The number of pyridine rings is 1. The number of hydrogen-bond acceptors (Lipinski definition) is 7. The first kappa shape index (κ1) is 27.2. The highest BCUT2D eigenvalue weighted by atomic mass is 19.3. The molecule has 6 heterocycles. The lowest BCUT2D eigenvalue weighted by molar-refractivity contribution is -0.0285. The number of aromatic nitrogens is 5. The Kier molecular flexibility index (Phi) is 6.65. The summed E-state index contributed by atoms with van der Waals surface area (Å²) in [6, 6.07) is 6.52. The minimum absolute atomic E-state index is 0.0142. The summed E-state index contributed by atoms with van der Waals surface area (Å²) in [5.74, 6) is -3.56. The normalized spacial score (nSPS) is 22.7. The Labute approximate surface area is 240 Å². The number of fused-ring (bicyclic) bond motifs is 5. The Morgan fingerprint density at radius 1 is 0.976 bits per heavy atom. The molecule has 2 saturated heterocycles. The molecule has 7 rings (SSSR count). The molecular weight excluding hydrogens is 548 g/mol. The molecule has 2 fully saturated rings. The van der Waals surface area contributed by atoms with E-state index in [1.54, 1.807) is 0 Å². The summed E-state index contributed by atoms with van der Waals surface area (Å²) in [5.41, 5.74) is 1.23. The number of likely N-dealkylation sites (N-methyl/N-ethyl adjacent to an activating group) is 1. The Morgan fingerprint density at radius 3 is 2.45 bits per heavy atom. The van der Waals surface area contributed by atoms with Crippen molar-refractivity contribution in [3.63, 3.8) is 0 Å². The molecule has 42 heavy (non-hydrogen) atoms. The molecule has 1 aromatic carbocycles. The first-order valence-corrected chi connectivity index (χ1v) is 14.5. The topological polar surface area (TPSA) is 75.0 Å². The second-order valence-electron chi connectivity index (χ2n) is 11.7. The van der Waals surface area contributed by atoms with Gasteiger partial charge in [-0.15, -0.1) is 0 Å². The van der Waals surface area contributed by atoms with Crippen LogP contribution in [0.15, 0.2) is 36.7 Å². The highest BCUT2D eigenvalue weighted by molar-refractivity contribution is 5.83. The summed E-state index contributed by atoms with van der Waals surface area (Å²) >= 11 is 0. The minimum Gasteiger partial charge on any atom is -0.319 e. The molecular formula is C30H32F4N8. The maximum Gasteiger partial charge on any atom is 0.265 e. The van der Waals surface area contributed by atoms with Gasteiger partial charge < -0.3 is 9.88 Å². The van der Waals surface area contributed by atoms with Gasteiger partial charge in [0.1, 0.15) is 22.9 Å². The van der Waals surface area contributed by atoms with Crippen LogP contribution in [0.4, 0.5) is 29.3 Å². The maximum atomic E-state index is 15.1. The number of alkyl halides is 2. The van der Waals surface area contributed by atoms with Gasteiger partial charge in [0.25, 0.3) is 5.92 Å². The molecule has 2 bridgehead atoms. The molecule has 0 aliphatic carbocycles. The van der Waals surface area contributed by atoms with Crippen LogP contribution < -0.4 is 5.32 Å². The molecule has 3 atom stereocenters. The Hall–Kier alpha value is -3.64. The zero-order valence-electron chi connectivity index (χ0n) is 23.5. The number of nitrogens with one attached hydrogen (secondary N) is 1. The van der Waals surface area contributed by atoms with Crippen molar-refractivity contribution < 1.29 is 17.6 Å². The first-order valence-electron chi connectivity index (χ1n) is 14.5. The van der Waals surface area contributed by atoms with Crippen LogP contribution in [0.2, 0.25) is 0 Å². The third-order valence-electron chi connectivity index (χ3n) is 8.92. The summed E-state index contributed by atoms with van der Waals surface area (Å²) in [6.07, 6.45) is 5.84. The van der Waals surface area contributed by atoms with Gasteiger partial charge >= 0.3 is 0 Å². The van der Waals surface area contributed by atoms with Gasteiger partial charge in [-0.3, -0.25) is 9.80 Å². The van der Waals surface area contributed by atoms with E-state index in [4.69, 9.17) is 0 Å². The quantitative estimate of drug-likeness (QED) is 0.280. The van der Waals surface area contributed by atoms with Gasteiger partial charge in [-0.05, 0) is 49.6 Å². The van der Waals surface area contributed by atoms with Gasteiger partial charge in [0, 0.05) is 56.8 Å². The van der Waals surface area contributed by atoms with Crippen molar-refractivity contribution in [3.05, 3.63) is 59.7 Å². The molecule has 8 nitrogen and oxygen atoms in total. The second-order valence-corrected chi connectivity index (χ2v) is 11.7. The smallest absolute Gasteiger partial charge is 0.265 e.